The number of nitrogens with one attached hydrogen (secondary N) is 1. The van der Waals surface area contributed by atoms with E-state index in [1.807, 2.05) is 30.3 Å². The molecule has 0 aliphatic carbocycles. The van der Waals surface area contributed by atoms with Crippen molar-refractivity contribution in [3.63, 3.8) is 0 Å². The molecule has 3 nitrogen and oxygen atoms in total. The second-order valence-corrected chi connectivity index (χ2v) is 6.03. The highest BCUT2D eigenvalue weighted by atomic mass is 35.5. The monoisotopic (exact) mass is 284 g/mol. The van der Waals surface area contributed by atoms with Crippen molar-refractivity contribution in [2.24, 2.45) is 11.1 Å². The molecule has 0 radical (unpaired) electrons. The lowest BCUT2D eigenvalue weighted by Gasteiger charge is -2.27. The van der Waals surface area contributed by atoms with E-state index in [1.54, 1.807) is 6.92 Å². The van der Waals surface area contributed by atoms with Gasteiger partial charge in [-0.3, -0.25) is 4.79 Å². The maximum atomic E-state index is 11.8. The van der Waals surface area contributed by atoms with Gasteiger partial charge in [0.25, 0.3) is 0 Å². The van der Waals surface area contributed by atoms with Crippen LogP contribution in [0.3, 0.4) is 0 Å². The van der Waals surface area contributed by atoms with Crippen LogP contribution in [-0.4, -0.2) is 11.9 Å². The minimum atomic E-state index is -0.476. The summed E-state index contributed by atoms with van der Waals surface area (Å²) in [6, 6.07) is 9.58. The van der Waals surface area contributed by atoms with E-state index in [2.05, 4.69) is 26.1 Å². The van der Waals surface area contributed by atoms with Crippen molar-refractivity contribution in [2.75, 3.05) is 0 Å². The van der Waals surface area contributed by atoms with Crippen molar-refractivity contribution >= 4 is 18.3 Å². The van der Waals surface area contributed by atoms with Gasteiger partial charge in [0.2, 0.25) is 5.91 Å². The van der Waals surface area contributed by atoms with Gasteiger partial charge in [0, 0.05) is 0 Å². The average Bonchev–Trinajstić information content (AvgIpc) is 2.27. The van der Waals surface area contributed by atoms with Crippen molar-refractivity contribution in [1.82, 2.24) is 5.32 Å². The van der Waals surface area contributed by atoms with Gasteiger partial charge in [-0.05, 0) is 24.3 Å². The molecule has 1 amide bonds. The van der Waals surface area contributed by atoms with Crippen LogP contribution in [0, 0.1) is 5.41 Å². The molecule has 1 aromatic rings. The van der Waals surface area contributed by atoms with Crippen LogP contribution in [0.1, 0.15) is 45.7 Å². The molecule has 108 valence electrons. The predicted octanol–water partition coefficient (Wildman–Crippen LogP) is 3.05. The van der Waals surface area contributed by atoms with Crippen LogP contribution in [0.2, 0.25) is 0 Å². The van der Waals surface area contributed by atoms with Gasteiger partial charge >= 0.3 is 0 Å². The largest absolute Gasteiger partial charge is 0.348 e. The molecule has 1 aromatic carbocycles. The minimum Gasteiger partial charge on any atom is -0.348 e. The zero-order valence-corrected chi connectivity index (χ0v) is 13.0. The smallest absolute Gasteiger partial charge is 0.237 e. The van der Waals surface area contributed by atoms with Gasteiger partial charge in [0.1, 0.15) is 0 Å². The topological polar surface area (TPSA) is 55.1 Å². The van der Waals surface area contributed by atoms with E-state index in [-0.39, 0.29) is 29.8 Å². The molecule has 0 fully saturated rings. The number of halogens is 1. The van der Waals surface area contributed by atoms with E-state index in [4.69, 9.17) is 5.73 Å². The molecule has 2 unspecified atom stereocenters. The van der Waals surface area contributed by atoms with Crippen molar-refractivity contribution in [3.8, 4) is 0 Å². The zero-order chi connectivity index (χ0) is 13.8. The van der Waals surface area contributed by atoms with Crippen LogP contribution in [0.15, 0.2) is 30.3 Å². The summed E-state index contributed by atoms with van der Waals surface area (Å²) in [7, 11) is 0. The molecule has 0 heterocycles. The highest BCUT2D eigenvalue weighted by Gasteiger charge is 2.22. The zero-order valence-electron chi connectivity index (χ0n) is 12.1. The van der Waals surface area contributed by atoms with E-state index in [0.717, 1.165) is 12.0 Å². The van der Waals surface area contributed by atoms with Crippen molar-refractivity contribution in [2.45, 2.75) is 46.2 Å². The summed E-state index contributed by atoms with van der Waals surface area (Å²) in [6.45, 7) is 8.21. The first-order chi connectivity index (χ1) is 8.29. The summed E-state index contributed by atoms with van der Waals surface area (Å²) in [4.78, 5) is 11.8. The Bertz CT molecular complexity index is 385. The van der Waals surface area contributed by atoms with Gasteiger partial charge in [-0.25, -0.2) is 0 Å². The van der Waals surface area contributed by atoms with E-state index in [9.17, 15) is 4.79 Å². The second kappa shape index (κ2) is 7.51. The van der Waals surface area contributed by atoms with Gasteiger partial charge in [0.05, 0.1) is 12.1 Å². The molecular formula is C15H25ClN2O. The number of hydrogen-bond acceptors (Lipinski definition) is 2. The van der Waals surface area contributed by atoms with E-state index >= 15 is 0 Å². The fourth-order valence-electron chi connectivity index (χ4n) is 1.85. The second-order valence-electron chi connectivity index (χ2n) is 6.03. The van der Waals surface area contributed by atoms with Crippen LogP contribution in [0.4, 0.5) is 0 Å². The summed E-state index contributed by atoms with van der Waals surface area (Å²) in [6.07, 6.45) is 0.884. The van der Waals surface area contributed by atoms with E-state index in [1.165, 1.54) is 0 Å². The number of carbonyl (C=O) groups is 1. The Morgan fingerprint density at radius 1 is 1.26 bits per heavy atom. The third-order valence-electron chi connectivity index (χ3n) is 2.75. The van der Waals surface area contributed by atoms with E-state index in [0.29, 0.717) is 0 Å². The Kier molecular flexibility index (Phi) is 7.09. The fourth-order valence-corrected chi connectivity index (χ4v) is 1.85. The third kappa shape index (κ3) is 6.60. The lowest BCUT2D eigenvalue weighted by atomic mass is 9.85. The molecule has 3 N–H and O–H groups in total. The van der Waals surface area contributed by atoms with Crippen LogP contribution in [0.5, 0.6) is 0 Å². The number of nitrogens with two attached hydrogens (primary N) is 1. The molecule has 19 heavy (non-hydrogen) atoms. The quantitative estimate of drug-likeness (QED) is 0.893. The first-order valence-electron chi connectivity index (χ1n) is 6.40. The molecule has 2 atom stereocenters. The SMILES string of the molecule is CC(N)C(=O)NC(CC(C)(C)C)c1ccccc1.Cl. The Morgan fingerprint density at radius 2 is 1.79 bits per heavy atom. The van der Waals surface area contributed by atoms with Crippen LogP contribution in [0.25, 0.3) is 0 Å². The van der Waals surface area contributed by atoms with Crippen LogP contribution in [-0.2, 0) is 4.79 Å². The number of rotatable bonds is 4. The van der Waals surface area contributed by atoms with Crippen molar-refractivity contribution in [1.29, 1.82) is 0 Å². The number of amides is 1. The third-order valence-corrected chi connectivity index (χ3v) is 2.75. The normalized spacial score (nSPS) is 14.2. The first-order valence-corrected chi connectivity index (χ1v) is 6.40. The summed E-state index contributed by atoms with van der Waals surface area (Å²) >= 11 is 0. The van der Waals surface area contributed by atoms with Crippen LogP contribution >= 0.6 is 12.4 Å². The molecule has 0 saturated carbocycles. The number of carbonyl (C=O) groups excluding carboxylic acids is 1. The molecular weight excluding hydrogens is 260 g/mol. The maximum Gasteiger partial charge on any atom is 0.237 e. The summed E-state index contributed by atoms with van der Waals surface area (Å²) in [5.74, 6) is -0.104. The molecule has 0 spiro atoms. The Balaban J connectivity index is 0.00000324. The molecule has 0 aliphatic heterocycles. The van der Waals surface area contributed by atoms with Gasteiger partial charge < -0.3 is 11.1 Å². The Morgan fingerprint density at radius 3 is 2.21 bits per heavy atom. The molecule has 0 aromatic heterocycles. The van der Waals surface area contributed by atoms with Gasteiger partial charge in [0.15, 0.2) is 0 Å². The van der Waals surface area contributed by atoms with Crippen molar-refractivity contribution in [3.05, 3.63) is 35.9 Å². The minimum absolute atomic E-state index is 0. The maximum absolute atomic E-state index is 11.8. The fraction of sp³-hybridized carbons (Fsp3) is 0.533. The number of hydrogen-bond donors (Lipinski definition) is 2. The predicted molar refractivity (Wildman–Crippen MR) is 82.3 cm³/mol. The summed E-state index contributed by atoms with van der Waals surface area (Å²) in [5.41, 5.74) is 6.88. The molecule has 1 rings (SSSR count). The average molecular weight is 285 g/mol. The van der Waals surface area contributed by atoms with E-state index < -0.39 is 6.04 Å². The molecule has 0 aliphatic rings. The van der Waals surface area contributed by atoms with Crippen molar-refractivity contribution < 1.29 is 4.79 Å². The summed E-state index contributed by atoms with van der Waals surface area (Å²) < 4.78 is 0. The van der Waals surface area contributed by atoms with Gasteiger partial charge in [-0.15, -0.1) is 12.4 Å². The standard InChI is InChI=1S/C15H24N2O.ClH/c1-11(16)14(18)17-13(10-15(2,3)4)12-8-6-5-7-9-12;/h5-9,11,13H,10,16H2,1-4H3,(H,17,18);1H. The van der Waals surface area contributed by atoms with Gasteiger partial charge in [-0.2, -0.15) is 0 Å². The van der Waals surface area contributed by atoms with Crippen LogP contribution < -0.4 is 11.1 Å². The van der Waals surface area contributed by atoms with Gasteiger partial charge in [-0.1, -0.05) is 51.1 Å². The first kappa shape index (κ1) is 17.9. The highest BCUT2D eigenvalue weighted by molar-refractivity contribution is 5.85. The lowest BCUT2D eigenvalue weighted by Crippen LogP contribution is -2.41. The Labute approximate surface area is 122 Å². The highest BCUT2D eigenvalue weighted by Crippen LogP contribution is 2.29. The molecule has 0 bridgehead atoms. The Hall–Kier alpha value is -1.06. The summed E-state index contributed by atoms with van der Waals surface area (Å²) in [5, 5.41) is 3.03. The lowest BCUT2D eigenvalue weighted by molar-refractivity contribution is -0.122. The molecule has 0 saturated heterocycles. The number of benzene rings is 1. The molecule has 4 heteroatoms.